The molecule has 0 aromatic carbocycles. The fourth-order valence-electron chi connectivity index (χ4n) is 4.12. The molecule has 1 aromatic heterocycles. The lowest BCUT2D eigenvalue weighted by atomic mass is 9.96. The van der Waals surface area contributed by atoms with Crippen LogP contribution in [0.15, 0.2) is 6.20 Å². The van der Waals surface area contributed by atoms with Crippen LogP contribution in [0, 0.1) is 0 Å². The van der Waals surface area contributed by atoms with Crippen LogP contribution >= 0.6 is 11.3 Å². The fraction of sp³-hybridized carbons (Fsp3) is 0.667. The molecule has 3 heterocycles. The lowest BCUT2D eigenvalue weighted by Gasteiger charge is -2.44. The number of amides is 4. The van der Waals surface area contributed by atoms with Gasteiger partial charge in [0.1, 0.15) is 0 Å². The molecule has 3 rings (SSSR count). The molecule has 2 aliphatic rings. The van der Waals surface area contributed by atoms with Gasteiger partial charge in [-0.25, -0.2) is 9.78 Å². The summed E-state index contributed by atoms with van der Waals surface area (Å²) in [5.74, 6) is 0.171. The Morgan fingerprint density at radius 2 is 1.50 bits per heavy atom. The summed E-state index contributed by atoms with van der Waals surface area (Å²) in [5, 5.41) is 3.57. The first kappa shape index (κ1) is 20.6. The number of thiazole rings is 1. The van der Waals surface area contributed by atoms with E-state index in [1.807, 2.05) is 22.5 Å². The first-order valence-electron chi connectivity index (χ1n) is 9.88. The van der Waals surface area contributed by atoms with E-state index in [9.17, 15) is 14.4 Å². The van der Waals surface area contributed by atoms with Gasteiger partial charge < -0.3 is 14.7 Å². The van der Waals surface area contributed by atoms with Gasteiger partial charge in [0.05, 0.1) is 0 Å². The molecule has 1 N–H and O–H groups in total. The van der Waals surface area contributed by atoms with Gasteiger partial charge in [-0.2, -0.15) is 0 Å². The number of carbonyl (C=O) groups excluding carboxylic acids is 3. The molecular formula is C18H28BN5O3S. The molecule has 0 unspecified atom stereocenters. The number of hydrogen-bond donors (Lipinski definition) is 1. The molecule has 2 aliphatic heterocycles. The van der Waals surface area contributed by atoms with Crippen LogP contribution in [-0.4, -0.2) is 83.6 Å². The molecule has 10 heteroatoms. The minimum atomic E-state index is -0.128. The zero-order chi connectivity index (χ0) is 20.3. The summed E-state index contributed by atoms with van der Waals surface area (Å²) >= 11 is 1.46. The Morgan fingerprint density at radius 3 is 1.86 bits per heavy atom. The fourth-order valence-corrected chi connectivity index (χ4v) is 4.77. The second kappa shape index (κ2) is 8.94. The van der Waals surface area contributed by atoms with Crippen LogP contribution < -0.4 is 10.1 Å². The number of rotatable bonds is 3. The average Bonchev–Trinajstić information content (AvgIpc) is 3.07. The Hall–Kier alpha value is -2.10. The number of likely N-dealkylation sites (tertiary alicyclic amines) is 2. The van der Waals surface area contributed by atoms with Crippen molar-refractivity contribution >= 4 is 46.9 Å². The third-order valence-corrected chi connectivity index (χ3v) is 6.50. The molecule has 0 spiro atoms. The lowest BCUT2D eigenvalue weighted by molar-refractivity contribution is -0.130. The molecular weight excluding hydrogens is 377 g/mol. The highest BCUT2D eigenvalue weighted by Gasteiger charge is 2.36. The predicted molar refractivity (Wildman–Crippen MR) is 112 cm³/mol. The van der Waals surface area contributed by atoms with E-state index in [1.165, 1.54) is 11.3 Å². The summed E-state index contributed by atoms with van der Waals surface area (Å²) in [4.78, 5) is 46.4. The summed E-state index contributed by atoms with van der Waals surface area (Å²) in [6.45, 7) is 5.87. The van der Waals surface area contributed by atoms with Crippen LogP contribution in [0.1, 0.15) is 39.5 Å². The lowest BCUT2D eigenvalue weighted by Crippen LogP contribution is -2.56. The van der Waals surface area contributed by atoms with Gasteiger partial charge in [-0.3, -0.25) is 14.9 Å². The van der Waals surface area contributed by atoms with Crippen molar-refractivity contribution in [3.63, 3.8) is 0 Å². The van der Waals surface area contributed by atoms with E-state index < -0.39 is 0 Å². The van der Waals surface area contributed by atoms with E-state index in [0.717, 1.165) is 30.5 Å². The number of nitrogens with zero attached hydrogens (tertiary/aromatic N) is 4. The van der Waals surface area contributed by atoms with Crippen molar-refractivity contribution in [2.24, 2.45) is 0 Å². The average molecular weight is 405 g/mol. The van der Waals surface area contributed by atoms with Crippen molar-refractivity contribution in [3.8, 4) is 0 Å². The molecule has 0 radical (unpaired) electrons. The van der Waals surface area contributed by atoms with Gasteiger partial charge in [0.2, 0.25) is 11.8 Å². The first-order chi connectivity index (χ1) is 13.3. The maximum Gasteiger partial charge on any atom is 0.324 e. The molecule has 28 heavy (non-hydrogen) atoms. The van der Waals surface area contributed by atoms with Gasteiger partial charge in [0.25, 0.3) is 0 Å². The molecule has 8 nitrogen and oxygen atoms in total. The Bertz CT molecular complexity index is 693. The summed E-state index contributed by atoms with van der Waals surface area (Å²) in [7, 11) is 1.96. The standard InChI is InChI=1S/C18H28BN5O3S/c1-12(25)22-7-3-14(4-8-22)24(15-5-9-23(10-6-15)13(2)26)18(27)21-17-20-11-16(19)28-17/h11,14-15H,3-10,19H2,1-2H3,(H,20,21,27). The minimum Gasteiger partial charge on any atom is -0.343 e. The molecule has 0 saturated carbocycles. The van der Waals surface area contributed by atoms with Crippen molar-refractivity contribution in [1.29, 1.82) is 0 Å². The van der Waals surface area contributed by atoms with Gasteiger partial charge in [0, 0.05) is 58.3 Å². The van der Waals surface area contributed by atoms with Crippen molar-refractivity contribution in [3.05, 3.63) is 6.20 Å². The SMILES string of the molecule is Bc1cnc(NC(=O)N(C2CCN(C(C)=O)CC2)C2CCN(C(C)=O)CC2)s1. The Labute approximate surface area is 170 Å². The highest BCUT2D eigenvalue weighted by atomic mass is 32.1. The minimum absolute atomic E-state index is 0.0856. The summed E-state index contributed by atoms with van der Waals surface area (Å²) in [6, 6.07) is 0.0491. The van der Waals surface area contributed by atoms with Gasteiger partial charge in [-0.1, -0.05) is 0 Å². The van der Waals surface area contributed by atoms with Crippen LogP contribution in [-0.2, 0) is 9.59 Å². The van der Waals surface area contributed by atoms with Gasteiger partial charge >= 0.3 is 6.03 Å². The predicted octanol–water partition coefficient (Wildman–Crippen LogP) is 0.257. The molecule has 0 atom stereocenters. The highest BCUT2D eigenvalue weighted by molar-refractivity contribution is 7.23. The molecule has 0 bridgehead atoms. The van der Waals surface area contributed by atoms with Crippen LogP contribution in [0.5, 0.6) is 0 Å². The molecule has 1 aromatic rings. The summed E-state index contributed by atoms with van der Waals surface area (Å²) in [5.41, 5.74) is 0. The van der Waals surface area contributed by atoms with E-state index in [-0.39, 0.29) is 29.9 Å². The summed E-state index contributed by atoms with van der Waals surface area (Å²) in [6.07, 6.45) is 4.85. The van der Waals surface area contributed by atoms with Crippen LogP contribution in [0.3, 0.4) is 0 Å². The van der Waals surface area contributed by atoms with Crippen molar-refractivity contribution in [2.45, 2.75) is 51.6 Å². The molecule has 0 aliphatic carbocycles. The van der Waals surface area contributed by atoms with Crippen molar-refractivity contribution in [2.75, 3.05) is 31.5 Å². The van der Waals surface area contributed by atoms with Crippen molar-refractivity contribution < 1.29 is 14.4 Å². The monoisotopic (exact) mass is 405 g/mol. The number of anilines is 1. The van der Waals surface area contributed by atoms with E-state index in [1.54, 1.807) is 20.0 Å². The number of urea groups is 1. The number of aromatic nitrogens is 1. The molecule has 2 saturated heterocycles. The van der Waals surface area contributed by atoms with Gasteiger partial charge in [0.15, 0.2) is 13.0 Å². The second-order valence-electron chi connectivity index (χ2n) is 7.59. The third kappa shape index (κ3) is 4.84. The second-order valence-corrected chi connectivity index (χ2v) is 8.82. The molecule has 4 amide bonds. The van der Waals surface area contributed by atoms with E-state index in [0.29, 0.717) is 31.3 Å². The number of hydrogen-bond acceptors (Lipinski definition) is 5. The Morgan fingerprint density at radius 1 is 1.04 bits per heavy atom. The number of piperidine rings is 2. The third-order valence-electron chi connectivity index (χ3n) is 5.68. The Balaban J connectivity index is 1.71. The molecule has 152 valence electrons. The van der Waals surface area contributed by atoms with E-state index in [2.05, 4.69) is 10.3 Å². The zero-order valence-corrected chi connectivity index (χ0v) is 17.6. The van der Waals surface area contributed by atoms with Crippen LogP contribution in [0.4, 0.5) is 9.93 Å². The molecule has 2 fully saturated rings. The van der Waals surface area contributed by atoms with Crippen LogP contribution in [0.25, 0.3) is 0 Å². The van der Waals surface area contributed by atoms with Crippen molar-refractivity contribution in [1.82, 2.24) is 19.7 Å². The van der Waals surface area contributed by atoms with E-state index >= 15 is 0 Å². The Kier molecular flexibility index (Phi) is 6.59. The van der Waals surface area contributed by atoms with E-state index in [4.69, 9.17) is 0 Å². The normalized spacial score (nSPS) is 18.8. The van der Waals surface area contributed by atoms with Gasteiger partial charge in [-0.05, 0) is 30.5 Å². The maximum absolute atomic E-state index is 13.2. The first-order valence-corrected chi connectivity index (χ1v) is 10.7. The number of nitrogens with one attached hydrogen (secondary N) is 1. The topological polar surface area (TPSA) is 85.8 Å². The largest absolute Gasteiger partial charge is 0.343 e. The zero-order valence-electron chi connectivity index (χ0n) is 16.8. The highest BCUT2D eigenvalue weighted by Crippen LogP contribution is 2.26. The maximum atomic E-state index is 13.2. The smallest absolute Gasteiger partial charge is 0.324 e. The number of carbonyl (C=O) groups is 3. The van der Waals surface area contributed by atoms with Crippen LogP contribution in [0.2, 0.25) is 0 Å². The van der Waals surface area contributed by atoms with Gasteiger partial charge in [-0.15, -0.1) is 11.3 Å². The summed E-state index contributed by atoms with van der Waals surface area (Å²) < 4.78 is 1.05. The quantitative estimate of drug-likeness (QED) is 0.731.